The first-order valence-corrected chi connectivity index (χ1v) is 10.4. The Labute approximate surface area is 167 Å². The Morgan fingerprint density at radius 3 is 2.59 bits per heavy atom. The maximum absolute atomic E-state index is 12.7. The Kier molecular flexibility index (Phi) is 5.32. The second-order valence-electron chi connectivity index (χ2n) is 6.83. The Bertz CT molecular complexity index is 900. The molecule has 0 unspecified atom stereocenters. The van der Waals surface area contributed by atoms with E-state index in [1.54, 1.807) is 42.5 Å². The van der Waals surface area contributed by atoms with E-state index < -0.39 is 6.10 Å². The number of aromatic nitrogens is 1. The molecule has 1 atom stereocenters. The van der Waals surface area contributed by atoms with Gasteiger partial charge in [-0.25, -0.2) is 4.98 Å². The molecule has 1 aliphatic heterocycles. The van der Waals surface area contributed by atoms with Crippen LogP contribution in [0.3, 0.4) is 0 Å². The summed E-state index contributed by atoms with van der Waals surface area (Å²) in [5.41, 5.74) is 1.07. The number of rotatable bonds is 4. The van der Waals surface area contributed by atoms with Crippen molar-refractivity contribution in [1.82, 2.24) is 9.88 Å². The summed E-state index contributed by atoms with van der Waals surface area (Å²) in [6.45, 7) is 3.29. The fourth-order valence-corrected chi connectivity index (χ4v) is 4.70. The van der Waals surface area contributed by atoms with Crippen LogP contribution in [0.1, 0.15) is 30.7 Å². The molecule has 0 N–H and O–H groups in total. The second-order valence-corrected chi connectivity index (χ2v) is 8.33. The lowest BCUT2D eigenvalue weighted by atomic mass is 9.97. The summed E-state index contributed by atoms with van der Waals surface area (Å²) in [7, 11) is 0. The third kappa shape index (κ3) is 4.09. The van der Waals surface area contributed by atoms with Crippen molar-refractivity contribution < 1.29 is 9.53 Å². The highest BCUT2D eigenvalue weighted by atomic mass is 35.5. The van der Waals surface area contributed by atoms with Crippen LogP contribution in [0, 0.1) is 0 Å². The molecule has 2 heterocycles. The summed E-state index contributed by atoms with van der Waals surface area (Å²) in [5, 5.41) is 1.84. The van der Waals surface area contributed by atoms with E-state index in [9.17, 15) is 4.79 Å². The lowest BCUT2D eigenvalue weighted by molar-refractivity contribution is -0.139. The molecule has 6 heteroatoms. The molecular weight excluding hydrogens is 380 g/mol. The third-order valence-corrected chi connectivity index (χ3v) is 6.39. The summed E-state index contributed by atoms with van der Waals surface area (Å²) >= 11 is 7.66. The van der Waals surface area contributed by atoms with Gasteiger partial charge in [-0.2, -0.15) is 0 Å². The van der Waals surface area contributed by atoms with E-state index in [1.165, 1.54) is 9.71 Å². The van der Waals surface area contributed by atoms with Gasteiger partial charge in [-0.1, -0.05) is 23.7 Å². The largest absolute Gasteiger partial charge is 0.481 e. The normalized spacial score (nSPS) is 16.4. The molecule has 4 nitrogen and oxygen atoms in total. The van der Waals surface area contributed by atoms with Crippen LogP contribution in [0.15, 0.2) is 48.5 Å². The number of para-hydroxylation sites is 1. The second kappa shape index (κ2) is 7.87. The number of thiazole rings is 1. The molecule has 2 aromatic carbocycles. The molecule has 0 aliphatic carbocycles. The number of hydrogen-bond donors (Lipinski definition) is 0. The number of likely N-dealkylation sites (tertiary alicyclic amines) is 1. The summed E-state index contributed by atoms with van der Waals surface area (Å²) in [6, 6.07) is 15.3. The van der Waals surface area contributed by atoms with Crippen molar-refractivity contribution in [3.63, 3.8) is 0 Å². The highest BCUT2D eigenvalue weighted by Gasteiger charge is 2.29. The van der Waals surface area contributed by atoms with Crippen LogP contribution in [0.4, 0.5) is 0 Å². The van der Waals surface area contributed by atoms with Gasteiger partial charge in [0, 0.05) is 24.0 Å². The number of piperidine rings is 1. The van der Waals surface area contributed by atoms with E-state index in [0.29, 0.717) is 16.7 Å². The molecule has 0 bridgehead atoms. The van der Waals surface area contributed by atoms with Gasteiger partial charge in [-0.15, -0.1) is 11.3 Å². The molecule has 0 saturated carbocycles. The lowest BCUT2D eigenvalue weighted by Crippen LogP contribution is -2.44. The zero-order valence-electron chi connectivity index (χ0n) is 15.1. The van der Waals surface area contributed by atoms with Crippen LogP contribution in [0.2, 0.25) is 5.02 Å². The molecule has 1 fully saturated rings. The van der Waals surface area contributed by atoms with E-state index in [0.717, 1.165) is 31.4 Å². The van der Waals surface area contributed by atoms with Crippen LogP contribution in [0.5, 0.6) is 5.75 Å². The van der Waals surface area contributed by atoms with Crippen molar-refractivity contribution in [2.75, 3.05) is 13.1 Å². The summed E-state index contributed by atoms with van der Waals surface area (Å²) < 4.78 is 7.01. The Hall–Kier alpha value is -2.11. The fraction of sp³-hybridized carbons (Fsp3) is 0.333. The minimum Gasteiger partial charge on any atom is -0.481 e. The number of carbonyl (C=O) groups excluding carboxylic acids is 1. The van der Waals surface area contributed by atoms with Crippen LogP contribution >= 0.6 is 22.9 Å². The van der Waals surface area contributed by atoms with E-state index in [2.05, 4.69) is 12.1 Å². The van der Waals surface area contributed by atoms with Crippen LogP contribution < -0.4 is 4.74 Å². The Balaban J connectivity index is 1.35. The SMILES string of the molecule is C[C@H](Oc1ccc(Cl)cc1)C(=O)N1CCC(c2nc3ccccc3s2)CC1. The molecule has 0 spiro atoms. The average molecular weight is 401 g/mol. The number of carbonyl (C=O) groups is 1. The topological polar surface area (TPSA) is 42.4 Å². The first-order valence-electron chi connectivity index (χ1n) is 9.16. The van der Waals surface area contributed by atoms with Crippen molar-refractivity contribution >= 4 is 39.1 Å². The molecule has 0 radical (unpaired) electrons. The summed E-state index contributed by atoms with van der Waals surface area (Å²) in [5.74, 6) is 1.12. The minimum atomic E-state index is -0.509. The molecule has 3 aromatic rings. The quantitative estimate of drug-likeness (QED) is 0.610. The van der Waals surface area contributed by atoms with Crippen LogP contribution in [0.25, 0.3) is 10.2 Å². The lowest BCUT2D eigenvalue weighted by Gasteiger charge is -2.32. The van der Waals surface area contributed by atoms with E-state index in [4.69, 9.17) is 21.3 Å². The molecule has 1 aliphatic rings. The zero-order chi connectivity index (χ0) is 18.8. The number of hydrogen-bond acceptors (Lipinski definition) is 4. The smallest absolute Gasteiger partial charge is 0.263 e. The van der Waals surface area contributed by atoms with Crippen molar-refractivity contribution in [3.8, 4) is 5.75 Å². The Morgan fingerprint density at radius 2 is 1.89 bits per heavy atom. The van der Waals surface area contributed by atoms with Crippen molar-refractivity contribution in [2.24, 2.45) is 0 Å². The van der Waals surface area contributed by atoms with Gasteiger partial charge in [0.1, 0.15) is 5.75 Å². The first kappa shape index (κ1) is 18.3. The first-order chi connectivity index (χ1) is 13.1. The highest BCUT2D eigenvalue weighted by Crippen LogP contribution is 2.34. The van der Waals surface area contributed by atoms with E-state index in [1.807, 2.05) is 17.0 Å². The standard InChI is InChI=1S/C21H21ClN2O2S/c1-14(26-17-8-6-16(22)7-9-17)21(25)24-12-10-15(11-13-24)20-23-18-4-2-3-5-19(18)27-20/h2-9,14-15H,10-13H2,1H3/t14-/m0/s1. The summed E-state index contributed by atoms with van der Waals surface area (Å²) in [4.78, 5) is 19.4. The van der Waals surface area contributed by atoms with Gasteiger partial charge in [-0.05, 0) is 56.2 Å². The molecular formula is C21H21ClN2O2S. The summed E-state index contributed by atoms with van der Waals surface area (Å²) in [6.07, 6.45) is 1.38. The van der Waals surface area contributed by atoms with Crippen LogP contribution in [-0.2, 0) is 4.79 Å². The van der Waals surface area contributed by atoms with Crippen molar-refractivity contribution in [2.45, 2.75) is 31.8 Å². The van der Waals surface area contributed by atoms with Crippen molar-refractivity contribution in [1.29, 1.82) is 0 Å². The third-order valence-electron chi connectivity index (χ3n) is 4.94. The van der Waals surface area contributed by atoms with Gasteiger partial charge in [0.15, 0.2) is 6.10 Å². The van der Waals surface area contributed by atoms with Gasteiger partial charge in [-0.3, -0.25) is 4.79 Å². The monoisotopic (exact) mass is 400 g/mol. The van der Waals surface area contributed by atoms with Gasteiger partial charge in [0.05, 0.1) is 15.2 Å². The predicted molar refractivity (Wildman–Crippen MR) is 110 cm³/mol. The maximum Gasteiger partial charge on any atom is 0.263 e. The molecule has 1 saturated heterocycles. The minimum absolute atomic E-state index is 0.0349. The number of ether oxygens (including phenoxy) is 1. The number of fused-ring (bicyclic) bond motifs is 1. The van der Waals surface area contributed by atoms with Gasteiger partial charge in [0.25, 0.3) is 5.91 Å². The Morgan fingerprint density at radius 1 is 1.19 bits per heavy atom. The highest BCUT2D eigenvalue weighted by molar-refractivity contribution is 7.18. The van der Waals surface area contributed by atoms with E-state index >= 15 is 0 Å². The molecule has 4 rings (SSSR count). The number of amides is 1. The molecule has 140 valence electrons. The zero-order valence-corrected chi connectivity index (χ0v) is 16.7. The van der Waals surface area contributed by atoms with Gasteiger partial charge in [0.2, 0.25) is 0 Å². The predicted octanol–water partition coefficient (Wildman–Crippen LogP) is 5.12. The average Bonchev–Trinajstić information content (AvgIpc) is 3.13. The number of halogens is 1. The maximum atomic E-state index is 12.7. The van der Waals surface area contributed by atoms with Gasteiger partial charge < -0.3 is 9.64 Å². The van der Waals surface area contributed by atoms with Crippen molar-refractivity contribution in [3.05, 3.63) is 58.6 Å². The molecule has 1 amide bonds. The van der Waals surface area contributed by atoms with E-state index in [-0.39, 0.29) is 5.91 Å². The van der Waals surface area contributed by atoms with Crippen LogP contribution in [-0.4, -0.2) is 35.0 Å². The molecule has 1 aromatic heterocycles. The number of nitrogens with zero attached hydrogens (tertiary/aromatic N) is 2. The fourth-order valence-electron chi connectivity index (χ4n) is 3.44. The van der Waals surface area contributed by atoms with Gasteiger partial charge >= 0.3 is 0 Å². The number of benzene rings is 2. The molecule has 27 heavy (non-hydrogen) atoms.